The van der Waals surface area contributed by atoms with Crippen LogP contribution in [0.1, 0.15) is 11.1 Å². The Morgan fingerprint density at radius 1 is 0.840 bits per heavy atom. The molecule has 0 saturated carbocycles. The van der Waals surface area contributed by atoms with Crippen molar-refractivity contribution in [2.45, 2.75) is 13.2 Å². The molecule has 0 bridgehead atoms. The first kappa shape index (κ1) is 18.0. The Balaban J connectivity index is 1.58. The summed E-state index contributed by atoms with van der Waals surface area (Å²) in [5.41, 5.74) is 3.09. The monoisotopic (exact) mass is 463 g/mol. The van der Waals surface area contributed by atoms with E-state index in [4.69, 9.17) is 4.74 Å². The third kappa shape index (κ3) is 5.31. The molecule has 0 fully saturated rings. The van der Waals surface area contributed by atoms with Crippen molar-refractivity contribution in [1.82, 2.24) is 0 Å². The minimum atomic E-state index is -0.236. The van der Waals surface area contributed by atoms with E-state index >= 15 is 0 Å². The highest BCUT2D eigenvalue weighted by atomic mass is 79.9. The highest BCUT2D eigenvalue weighted by molar-refractivity contribution is 9.10. The van der Waals surface area contributed by atoms with E-state index in [-0.39, 0.29) is 5.82 Å². The standard InChI is InChI=1S/C20H16Br2FNO/c21-16-4-1-14(2-5-16)13-25-20-10-3-15(11-19(20)22)12-24-18-8-6-17(23)7-9-18/h1-11,24H,12-13H2. The van der Waals surface area contributed by atoms with E-state index in [0.717, 1.165) is 31.5 Å². The smallest absolute Gasteiger partial charge is 0.134 e. The Morgan fingerprint density at radius 2 is 1.52 bits per heavy atom. The molecular weight excluding hydrogens is 449 g/mol. The van der Waals surface area contributed by atoms with E-state index in [1.54, 1.807) is 12.1 Å². The van der Waals surface area contributed by atoms with E-state index in [1.807, 2.05) is 42.5 Å². The topological polar surface area (TPSA) is 21.3 Å². The molecule has 0 aliphatic carbocycles. The lowest BCUT2D eigenvalue weighted by Gasteiger charge is -2.11. The van der Waals surface area contributed by atoms with Crippen LogP contribution in [-0.2, 0) is 13.2 Å². The molecule has 0 saturated heterocycles. The van der Waals surface area contributed by atoms with Crippen LogP contribution in [0.4, 0.5) is 10.1 Å². The number of anilines is 1. The molecule has 3 aromatic carbocycles. The fraction of sp³-hybridized carbons (Fsp3) is 0.100. The number of hydrogen-bond donors (Lipinski definition) is 1. The summed E-state index contributed by atoms with van der Waals surface area (Å²) >= 11 is 6.98. The Bertz CT molecular complexity index is 835. The zero-order valence-electron chi connectivity index (χ0n) is 13.3. The van der Waals surface area contributed by atoms with E-state index in [1.165, 1.54) is 12.1 Å². The second-order valence-corrected chi connectivity index (χ2v) is 7.31. The fourth-order valence-electron chi connectivity index (χ4n) is 2.28. The quantitative estimate of drug-likeness (QED) is 0.447. The van der Waals surface area contributed by atoms with Crippen molar-refractivity contribution in [3.8, 4) is 5.75 Å². The van der Waals surface area contributed by atoms with E-state index in [9.17, 15) is 4.39 Å². The Morgan fingerprint density at radius 3 is 2.20 bits per heavy atom. The average molecular weight is 465 g/mol. The van der Waals surface area contributed by atoms with Gasteiger partial charge in [0.25, 0.3) is 0 Å². The summed E-state index contributed by atoms with van der Waals surface area (Å²) in [7, 11) is 0. The van der Waals surface area contributed by atoms with Crippen molar-refractivity contribution in [3.05, 3.63) is 92.6 Å². The Kier molecular flexibility index (Phi) is 6.10. The van der Waals surface area contributed by atoms with Crippen LogP contribution in [0.2, 0.25) is 0 Å². The van der Waals surface area contributed by atoms with Gasteiger partial charge in [-0.2, -0.15) is 0 Å². The number of halogens is 3. The molecule has 0 aliphatic rings. The maximum atomic E-state index is 12.9. The summed E-state index contributed by atoms with van der Waals surface area (Å²) in [6, 6.07) is 20.4. The number of hydrogen-bond acceptors (Lipinski definition) is 2. The van der Waals surface area contributed by atoms with Gasteiger partial charge in [-0.25, -0.2) is 4.39 Å². The SMILES string of the molecule is Fc1ccc(NCc2ccc(OCc3ccc(Br)cc3)c(Br)c2)cc1. The van der Waals surface area contributed by atoms with Gasteiger partial charge in [0.1, 0.15) is 18.2 Å². The van der Waals surface area contributed by atoms with Crippen LogP contribution in [-0.4, -0.2) is 0 Å². The van der Waals surface area contributed by atoms with Gasteiger partial charge in [-0.05, 0) is 75.6 Å². The molecule has 0 aliphatic heterocycles. The average Bonchev–Trinajstić information content (AvgIpc) is 2.62. The van der Waals surface area contributed by atoms with Crippen LogP contribution >= 0.6 is 31.9 Å². The van der Waals surface area contributed by atoms with Crippen molar-refractivity contribution in [1.29, 1.82) is 0 Å². The zero-order chi connectivity index (χ0) is 17.6. The molecule has 2 nitrogen and oxygen atoms in total. The van der Waals surface area contributed by atoms with Crippen molar-refractivity contribution < 1.29 is 9.13 Å². The summed E-state index contributed by atoms with van der Waals surface area (Å²) in [5, 5.41) is 3.27. The van der Waals surface area contributed by atoms with Crippen LogP contribution in [0.5, 0.6) is 5.75 Å². The molecule has 3 rings (SSSR count). The Labute approximate surface area is 163 Å². The van der Waals surface area contributed by atoms with Gasteiger partial charge in [0.2, 0.25) is 0 Å². The number of benzene rings is 3. The van der Waals surface area contributed by atoms with Crippen LogP contribution in [0.25, 0.3) is 0 Å². The second-order valence-electron chi connectivity index (χ2n) is 5.54. The third-order valence-electron chi connectivity index (χ3n) is 3.64. The highest BCUT2D eigenvalue weighted by Gasteiger charge is 2.04. The molecule has 0 spiro atoms. The molecule has 5 heteroatoms. The number of nitrogens with one attached hydrogen (secondary N) is 1. The van der Waals surface area contributed by atoms with Gasteiger partial charge < -0.3 is 10.1 Å². The van der Waals surface area contributed by atoms with Crippen LogP contribution < -0.4 is 10.1 Å². The van der Waals surface area contributed by atoms with Gasteiger partial charge in [0, 0.05) is 16.7 Å². The molecule has 0 heterocycles. The first-order valence-electron chi connectivity index (χ1n) is 7.75. The van der Waals surface area contributed by atoms with E-state index in [0.29, 0.717) is 13.2 Å². The maximum Gasteiger partial charge on any atom is 0.134 e. The summed E-state index contributed by atoms with van der Waals surface area (Å²) in [5.74, 6) is 0.564. The second kappa shape index (κ2) is 8.50. The molecule has 128 valence electrons. The first-order chi connectivity index (χ1) is 12.1. The molecule has 0 unspecified atom stereocenters. The van der Waals surface area contributed by atoms with Crippen molar-refractivity contribution in [3.63, 3.8) is 0 Å². The van der Waals surface area contributed by atoms with Crippen molar-refractivity contribution in [2.75, 3.05) is 5.32 Å². The number of ether oxygens (including phenoxy) is 1. The van der Waals surface area contributed by atoms with E-state index < -0.39 is 0 Å². The van der Waals surface area contributed by atoms with Crippen LogP contribution in [0, 0.1) is 5.82 Å². The van der Waals surface area contributed by atoms with Gasteiger partial charge in [-0.15, -0.1) is 0 Å². The third-order valence-corrected chi connectivity index (χ3v) is 4.79. The first-order valence-corrected chi connectivity index (χ1v) is 9.34. The molecule has 0 radical (unpaired) electrons. The fourth-order valence-corrected chi connectivity index (χ4v) is 3.09. The molecular formula is C20H16Br2FNO. The van der Waals surface area contributed by atoms with Gasteiger partial charge in [0.05, 0.1) is 4.47 Å². The zero-order valence-corrected chi connectivity index (χ0v) is 16.5. The molecule has 0 amide bonds. The van der Waals surface area contributed by atoms with Crippen molar-refractivity contribution in [2.24, 2.45) is 0 Å². The highest BCUT2D eigenvalue weighted by Crippen LogP contribution is 2.27. The van der Waals surface area contributed by atoms with Gasteiger partial charge >= 0.3 is 0 Å². The lowest BCUT2D eigenvalue weighted by molar-refractivity contribution is 0.304. The van der Waals surface area contributed by atoms with Crippen LogP contribution in [0.3, 0.4) is 0 Å². The summed E-state index contributed by atoms with van der Waals surface area (Å²) in [4.78, 5) is 0. The summed E-state index contributed by atoms with van der Waals surface area (Å²) < 4.78 is 20.7. The van der Waals surface area contributed by atoms with Gasteiger partial charge in [0.15, 0.2) is 0 Å². The minimum absolute atomic E-state index is 0.236. The molecule has 25 heavy (non-hydrogen) atoms. The predicted molar refractivity (Wildman–Crippen MR) is 106 cm³/mol. The number of rotatable bonds is 6. The molecule has 1 N–H and O–H groups in total. The Hall–Kier alpha value is -1.85. The normalized spacial score (nSPS) is 10.5. The minimum Gasteiger partial charge on any atom is -0.488 e. The van der Waals surface area contributed by atoms with Gasteiger partial charge in [-0.1, -0.05) is 34.1 Å². The van der Waals surface area contributed by atoms with Crippen LogP contribution in [0.15, 0.2) is 75.7 Å². The van der Waals surface area contributed by atoms with Crippen molar-refractivity contribution >= 4 is 37.5 Å². The summed E-state index contributed by atoms with van der Waals surface area (Å²) in [6.07, 6.45) is 0. The summed E-state index contributed by atoms with van der Waals surface area (Å²) in [6.45, 7) is 1.16. The molecule has 0 aromatic heterocycles. The van der Waals surface area contributed by atoms with Gasteiger partial charge in [-0.3, -0.25) is 0 Å². The lowest BCUT2D eigenvalue weighted by Crippen LogP contribution is -2.00. The predicted octanol–water partition coefficient (Wildman–Crippen LogP) is 6.54. The lowest BCUT2D eigenvalue weighted by atomic mass is 10.2. The maximum absolute atomic E-state index is 12.9. The largest absolute Gasteiger partial charge is 0.488 e. The van der Waals surface area contributed by atoms with E-state index in [2.05, 4.69) is 37.2 Å². The molecule has 3 aromatic rings. The molecule has 0 atom stereocenters.